The van der Waals surface area contributed by atoms with Gasteiger partial charge in [-0.3, -0.25) is 4.79 Å². The largest absolute Gasteiger partial charge is 0.496 e. The molecule has 2 heterocycles. The van der Waals surface area contributed by atoms with Gasteiger partial charge in [0.2, 0.25) is 5.91 Å². The molecule has 2 aromatic rings. The van der Waals surface area contributed by atoms with E-state index in [-0.39, 0.29) is 18.0 Å². The number of imidazole rings is 1. The molecule has 26 heavy (non-hydrogen) atoms. The van der Waals surface area contributed by atoms with Gasteiger partial charge in [-0.1, -0.05) is 30.4 Å². The monoisotopic (exact) mass is 354 g/mol. The van der Waals surface area contributed by atoms with E-state index in [2.05, 4.69) is 22.5 Å². The molecule has 1 N–H and O–H groups in total. The Hall–Kier alpha value is -2.60. The first-order valence-corrected chi connectivity index (χ1v) is 8.87. The number of aromatic nitrogens is 2. The summed E-state index contributed by atoms with van der Waals surface area (Å²) in [5.74, 6) is 1.94. The van der Waals surface area contributed by atoms with Crippen molar-refractivity contribution in [1.82, 2.24) is 19.8 Å². The number of nitrogens with zero attached hydrogens (tertiary/aromatic N) is 3. The molecular formula is C20H26N4O2. The molecule has 0 aliphatic carbocycles. The molecule has 6 nitrogen and oxygen atoms in total. The van der Waals surface area contributed by atoms with Crippen LogP contribution in [0.2, 0.25) is 0 Å². The first kappa shape index (κ1) is 18.2. The first-order valence-electron chi connectivity index (χ1n) is 8.87. The number of ether oxygens (including phenoxy) is 1. The Balaban J connectivity index is 1.68. The van der Waals surface area contributed by atoms with Crippen LogP contribution < -0.4 is 10.1 Å². The van der Waals surface area contributed by atoms with E-state index >= 15 is 0 Å². The summed E-state index contributed by atoms with van der Waals surface area (Å²) in [6.45, 7) is 0.714. The molecule has 3 rings (SSSR count). The molecular weight excluding hydrogens is 328 g/mol. The number of nitrogens with one attached hydrogen (secondary N) is 1. The molecule has 0 unspecified atom stereocenters. The van der Waals surface area contributed by atoms with Crippen LogP contribution in [-0.2, 0) is 11.8 Å². The van der Waals surface area contributed by atoms with Crippen LogP contribution in [0.3, 0.4) is 0 Å². The Kier molecular flexibility index (Phi) is 5.73. The zero-order valence-electron chi connectivity index (χ0n) is 15.6. The summed E-state index contributed by atoms with van der Waals surface area (Å²) in [6.07, 6.45) is 9.21. The van der Waals surface area contributed by atoms with E-state index in [1.807, 2.05) is 54.0 Å². The van der Waals surface area contributed by atoms with Gasteiger partial charge in [0.15, 0.2) is 0 Å². The van der Waals surface area contributed by atoms with E-state index in [4.69, 9.17) is 4.74 Å². The van der Waals surface area contributed by atoms with Gasteiger partial charge < -0.3 is 19.5 Å². The molecule has 1 saturated heterocycles. The second-order valence-electron chi connectivity index (χ2n) is 6.54. The highest BCUT2D eigenvalue weighted by Crippen LogP contribution is 2.29. The van der Waals surface area contributed by atoms with Crippen LogP contribution in [0.1, 0.15) is 30.3 Å². The summed E-state index contributed by atoms with van der Waals surface area (Å²) < 4.78 is 7.36. The Morgan fingerprint density at radius 2 is 2.15 bits per heavy atom. The minimum absolute atomic E-state index is 0.0593. The summed E-state index contributed by atoms with van der Waals surface area (Å²) in [5, 5.41) is 3.57. The molecule has 1 aliphatic rings. The fourth-order valence-corrected chi connectivity index (χ4v) is 3.48. The zero-order valence-corrected chi connectivity index (χ0v) is 15.6. The predicted molar refractivity (Wildman–Crippen MR) is 102 cm³/mol. The number of rotatable bonds is 6. The highest BCUT2D eigenvalue weighted by Gasteiger charge is 2.36. The number of aryl methyl sites for hydroxylation is 1. The molecule has 1 aliphatic heterocycles. The van der Waals surface area contributed by atoms with Gasteiger partial charge in [0.05, 0.1) is 7.11 Å². The standard InChI is InChI=1S/C20H26N4O2/c1-23-14-13-22-20(23)19-16(10-11-18(25)24(19)2)21-12-6-8-15-7-4-5-9-17(15)26-3/h4-9,13-14,16,19,21H,10-12H2,1-3H3/b8-6+/t16-,19-/m1/s1. The molecule has 1 fully saturated rings. The van der Waals surface area contributed by atoms with Crippen molar-refractivity contribution in [3.8, 4) is 5.75 Å². The summed E-state index contributed by atoms with van der Waals surface area (Å²) in [4.78, 5) is 18.5. The number of benzene rings is 1. The zero-order chi connectivity index (χ0) is 18.5. The van der Waals surface area contributed by atoms with Gasteiger partial charge in [0.25, 0.3) is 0 Å². The lowest BCUT2D eigenvalue weighted by atomic mass is 9.95. The van der Waals surface area contributed by atoms with E-state index in [0.717, 1.165) is 23.6 Å². The van der Waals surface area contributed by atoms with Crippen molar-refractivity contribution in [2.75, 3.05) is 20.7 Å². The average molecular weight is 354 g/mol. The van der Waals surface area contributed by atoms with Gasteiger partial charge in [0.1, 0.15) is 17.6 Å². The lowest BCUT2D eigenvalue weighted by Gasteiger charge is -2.38. The summed E-state index contributed by atoms with van der Waals surface area (Å²) in [6, 6.07) is 8.04. The third kappa shape index (κ3) is 3.80. The fraction of sp³-hybridized carbons (Fsp3) is 0.400. The van der Waals surface area contributed by atoms with Crippen molar-refractivity contribution >= 4 is 12.0 Å². The summed E-state index contributed by atoms with van der Waals surface area (Å²) >= 11 is 0. The van der Waals surface area contributed by atoms with E-state index < -0.39 is 0 Å². The topological polar surface area (TPSA) is 59.4 Å². The van der Waals surface area contributed by atoms with Crippen molar-refractivity contribution in [3.63, 3.8) is 0 Å². The molecule has 6 heteroatoms. The van der Waals surface area contributed by atoms with Gasteiger partial charge in [0, 0.05) is 51.1 Å². The van der Waals surface area contributed by atoms with Crippen molar-refractivity contribution < 1.29 is 9.53 Å². The van der Waals surface area contributed by atoms with Crippen LogP contribution in [0.25, 0.3) is 6.08 Å². The quantitative estimate of drug-likeness (QED) is 0.865. The molecule has 0 bridgehead atoms. The lowest BCUT2D eigenvalue weighted by Crippen LogP contribution is -2.50. The normalized spacial score (nSPS) is 20.7. The SMILES string of the molecule is COc1ccccc1/C=C/CN[C@@H]1CCC(=O)N(C)[C@H]1c1nccn1C. The molecule has 0 radical (unpaired) electrons. The molecule has 0 saturated carbocycles. The second kappa shape index (κ2) is 8.19. The van der Waals surface area contributed by atoms with Crippen molar-refractivity contribution in [2.45, 2.75) is 24.9 Å². The number of hydrogen-bond donors (Lipinski definition) is 1. The Labute approximate surface area is 154 Å². The number of hydrogen-bond acceptors (Lipinski definition) is 4. The van der Waals surface area contributed by atoms with Crippen LogP contribution in [0.5, 0.6) is 5.75 Å². The summed E-state index contributed by atoms with van der Waals surface area (Å²) in [7, 11) is 5.51. The predicted octanol–water partition coefficient (Wildman–Crippen LogP) is 2.39. The maximum absolute atomic E-state index is 12.2. The van der Waals surface area contributed by atoms with E-state index in [1.165, 1.54) is 0 Å². The number of piperidine rings is 1. The Bertz CT molecular complexity index is 784. The third-order valence-electron chi connectivity index (χ3n) is 4.92. The molecule has 1 amide bonds. The van der Waals surface area contributed by atoms with Gasteiger partial charge in [-0.2, -0.15) is 0 Å². The highest BCUT2D eigenvalue weighted by atomic mass is 16.5. The number of para-hydroxylation sites is 1. The van der Waals surface area contributed by atoms with E-state index in [1.54, 1.807) is 13.3 Å². The van der Waals surface area contributed by atoms with E-state index in [9.17, 15) is 4.79 Å². The van der Waals surface area contributed by atoms with Crippen molar-refractivity contribution in [2.24, 2.45) is 7.05 Å². The molecule has 0 spiro atoms. The summed E-state index contributed by atoms with van der Waals surface area (Å²) in [5.41, 5.74) is 1.05. The van der Waals surface area contributed by atoms with Gasteiger partial charge in [-0.05, 0) is 12.5 Å². The molecule has 138 valence electrons. The van der Waals surface area contributed by atoms with Crippen LogP contribution in [0.4, 0.5) is 0 Å². The van der Waals surface area contributed by atoms with Crippen LogP contribution in [-0.4, -0.2) is 47.1 Å². The first-order chi connectivity index (χ1) is 12.6. The fourth-order valence-electron chi connectivity index (χ4n) is 3.48. The lowest BCUT2D eigenvalue weighted by molar-refractivity contribution is -0.136. The highest BCUT2D eigenvalue weighted by molar-refractivity contribution is 5.77. The van der Waals surface area contributed by atoms with E-state index in [0.29, 0.717) is 13.0 Å². The van der Waals surface area contributed by atoms with Gasteiger partial charge in [-0.25, -0.2) is 4.98 Å². The van der Waals surface area contributed by atoms with Gasteiger partial charge in [-0.15, -0.1) is 0 Å². The van der Waals surface area contributed by atoms with Crippen LogP contribution >= 0.6 is 0 Å². The smallest absolute Gasteiger partial charge is 0.223 e. The Morgan fingerprint density at radius 3 is 2.88 bits per heavy atom. The minimum Gasteiger partial charge on any atom is -0.496 e. The third-order valence-corrected chi connectivity index (χ3v) is 4.92. The maximum atomic E-state index is 12.2. The van der Waals surface area contributed by atoms with Gasteiger partial charge >= 0.3 is 0 Å². The number of likely N-dealkylation sites (N-methyl/N-ethyl adjacent to an activating group) is 1. The average Bonchev–Trinajstić information content (AvgIpc) is 3.07. The number of likely N-dealkylation sites (tertiary alicyclic amines) is 1. The second-order valence-corrected chi connectivity index (χ2v) is 6.54. The number of carbonyl (C=O) groups excluding carboxylic acids is 1. The van der Waals surface area contributed by atoms with Crippen molar-refractivity contribution in [3.05, 3.63) is 54.1 Å². The maximum Gasteiger partial charge on any atom is 0.223 e. The van der Waals surface area contributed by atoms with Crippen molar-refractivity contribution in [1.29, 1.82) is 0 Å². The van der Waals surface area contributed by atoms with Crippen LogP contribution in [0.15, 0.2) is 42.7 Å². The molecule has 1 aromatic heterocycles. The minimum atomic E-state index is -0.0593. The Morgan fingerprint density at radius 1 is 1.35 bits per heavy atom. The molecule has 1 aromatic carbocycles. The van der Waals surface area contributed by atoms with Crippen LogP contribution in [0, 0.1) is 0 Å². The number of carbonyl (C=O) groups is 1. The number of amides is 1. The number of methoxy groups -OCH3 is 1. The molecule has 2 atom stereocenters.